The van der Waals surface area contributed by atoms with Crippen LogP contribution in [-0.4, -0.2) is 126 Å². The molecule has 0 saturated heterocycles. The SMILES string of the molecule is O=CCCOCCOCCOCCOCc1cn(CCOCCOCCOCCOCCC(=O)Oc2c(F)cc(F)cc2F)nn1. The second-order valence-corrected chi connectivity index (χ2v) is 9.19. The van der Waals surface area contributed by atoms with Crippen LogP contribution in [0.4, 0.5) is 13.2 Å². The number of esters is 1. The van der Waals surface area contributed by atoms with Crippen LogP contribution in [0.5, 0.6) is 5.75 Å². The Bertz CT molecular complexity index is 1070. The van der Waals surface area contributed by atoms with Crippen molar-refractivity contribution in [3.63, 3.8) is 0 Å². The third-order valence-electron chi connectivity index (χ3n) is 5.54. The molecule has 0 spiro atoms. The standard InChI is InChI=1S/C29H42F3N3O11/c30-24-20-26(31)29(27(32)21-24)46-28(37)2-6-39-9-12-42-14-15-43-13-10-40-7-3-35-22-25(33-34-35)23-45-19-18-44-17-16-41-11-8-38-5-1-4-36/h4,20-22H,1-3,5-19,23H2. The monoisotopic (exact) mass is 665 g/mol. The Labute approximate surface area is 265 Å². The Hall–Kier alpha value is -3.03. The molecule has 0 amide bonds. The van der Waals surface area contributed by atoms with Gasteiger partial charge in [0.25, 0.3) is 0 Å². The molecule has 0 unspecified atom stereocenters. The highest BCUT2D eigenvalue weighted by atomic mass is 19.1. The average Bonchev–Trinajstić information content (AvgIpc) is 3.48. The maximum Gasteiger partial charge on any atom is 0.313 e. The lowest BCUT2D eigenvalue weighted by molar-refractivity contribution is -0.136. The zero-order valence-electron chi connectivity index (χ0n) is 25.7. The lowest BCUT2D eigenvalue weighted by Gasteiger charge is -2.08. The molecule has 1 aromatic heterocycles. The van der Waals surface area contributed by atoms with Crippen molar-refractivity contribution in [1.82, 2.24) is 15.0 Å². The quantitative estimate of drug-likeness (QED) is 0.0519. The minimum Gasteiger partial charge on any atom is -0.420 e. The van der Waals surface area contributed by atoms with E-state index in [1.165, 1.54) is 0 Å². The number of ether oxygens (including phenoxy) is 9. The first-order valence-electron chi connectivity index (χ1n) is 14.8. The van der Waals surface area contributed by atoms with Crippen LogP contribution in [0.3, 0.4) is 0 Å². The average molecular weight is 666 g/mol. The van der Waals surface area contributed by atoms with Crippen molar-refractivity contribution in [2.75, 3.05) is 99.1 Å². The van der Waals surface area contributed by atoms with Gasteiger partial charge in [-0.25, -0.2) is 17.9 Å². The molecule has 14 nitrogen and oxygen atoms in total. The molecule has 0 fully saturated rings. The van der Waals surface area contributed by atoms with Crippen LogP contribution in [0.1, 0.15) is 18.5 Å². The summed E-state index contributed by atoms with van der Waals surface area (Å²) >= 11 is 0. The molecule has 0 saturated carbocycles. The van der Waals surface area contributed by atoms with Crippen LogP contribution in [0.25, 0.3) is 0 Å². The number of benzene rings is 1. The highest BCUT2D eigenvalue weighted by Crippen LogP contribution is 2.23. The molecule has 17 heteroatoms. The van der Waals surface area contributed by atoms with Crippen LogP contribution in [0.15, 0.2) is 18.3 Å². The topological polar surface area (TPSA) is 148 Å². The molecule has 0 N–H and O–H groups in total. The van der Waals surface area contributed by atoms with Gasteiger partial charge >= 0.3 is 5.97 Å². The second-order valence-electron chi connectivity index (χ2n) is 9.19. The molecule has 2 rings (SSSR count). The van der Waals surface area contributed by atoms with E-state index in [0.29, 0.717) is 117 Å². The molecule has 0 aliphatic heterocycles. The summed E-state index contributed by atoms with van der Waals surface area (Å²) in [7, 11) is 0. The lowest BCUT2D eigenvalue weighted by atomic mass is 10.3. The molecule has 2 aromatic rings. The number of hydrogen-bond donors (Lipinski definition) is 0. The summed E-state index contributed by atoms with van der Waals surface area (Å²) in [6.07, 6.45) is 2.75. The van der Waals surface area contributed by atoms with Crippen molar-refractivity contribution in [2.24, 2.45) is 0 Å². The van der Waals surface area contributed by atoms with E-state index >= 15 is 0 Å². The number of hydrogen-bond acceptors (Lipinski definition) is 13. The Balaban J connectivity index is 1.31. The summed E-state index contributed by atoms with van der Waals surface area (Å²) < 4.78 is 89.1. The minimum atomic E-state index is -1.30. The molecule has 46 heavy (non-hydrogen) atoms. The van der Waals surface area contributed by atoms with E-state index in [-0.39, 0.29) is 26.2 Å². The molecule has 0 atom stereocenters. The van der Waals surface area contributed by atoms with Gasteiger partial charge in [0.1, 0.15) is 17.8 Å². The van der Waals surface area contributed by atoms with E-state index in [9.17, 15) is 22.8 Å². The minimum absolute atomic E-state index is 0.0407. The molecule has 0 aliphatic carbocycles. The van der Waals surface area contributed by atoms with Gasteiger partial charge in [0.05, 0.1) is 125 Å². The first-order chi connectivity index (χ1) is 22.5. The molecule has 0 radical (unpaired) electrons. The van der Waals surface area contributed by atoms with Crippen molar-refractivity contribution in [1.29, 1.82) is 0 Å². The fourth-order valence-electron chi connectivity index (χ4n) is 3.35. The highest BCUT2D eigenvalue weighted by Gasteiger charge is 2.16. The number of halogens is 3. The summed E-state index contributed by atoms with van der Waals surface area (Å²) in [5.41, 5.74) is 0.699. The zero-order valence-corrected chi connectivity index (χ0v) is 25.7. The summed E-state index contributed by atoms with van der Waals surface area (Å²) in [5, 5.41) is 8.10. The van der Waals surface area contributed by atoms with E-state index in [1.54, 1.807) is 10.9 Å². The number of carbonyl (C=O) groups excluding carboxylic acids is 2. The lowest BCUT2D eigenvalue weighted by Crippen LogP contribution is -2.15. The number of carbonyl (C=O) groups is 2. The van der Waals surface area contributed by atoms with Crippen molar-refractivity contribution in [3.8, 4) is 5.75 Å². The molecular formula is C29H42F3N3O11. The smallest absolute Gasteiger partial charge is 0.313 e. The maximum atomic E-state index is 13.5. The van der Waals surface area contributed by atoms with Gasteiger partial charge in [-0.1, -0.05) is 5.21 Å². The van der Waals surface area contributed by atoms with E-state index in [0.717, 1.165) is 6.29 Å². The van der Waals surface area contributed by atoms with Crippen LogP contribution >= 0.6 is 0 Å². The van der Waals surface area contributed by atoms with Gasteiger partial charge in [0.15, 0.2) is 11.6 Å². The van der Waals surface area contributed by atoms with Crippen molar-refractivity contribution in [2.45, 2.75) is 26.0 Å². The van der Waals surface area contributed by atoms with E-state index in [2.05, 4.69) is 15.0 Å². The van der Waals surface area contributed by atoms with Gasteiger partial charge in [-0.2, -0.15) is 0 Å². The fourth-order valence-corrected chi connectivity index (χ4v) is 3.35. The highest BCUT2D eigenvalue weighted by molar-refractivity contribution is 5.72. The molecule has 0 bridgehead atoms. The molecular weight excluding hydrogens is 623 g/mol. The zero-order chi connectivity index (χ0) is 33.1. The third-order valence-corrected chi connectivity index (χ3v) is 5.54. The van der Waals surface area contributed by atoms with Gasteiger partial charge in [0.2, 0.25) is 5.75 Å². The number of aldehydes is 1. The van der Waals surface area contributed by atoms with Gasteiger partial charge < -0.3 is 47.4 Å². The first-order valence-corrected chi connectivity index (χ1v) is 14.8. The molecule has 1 heterocycles. The Morgan fingerprint density at radius 3 is 1.70 bits per heavy atom. The van der Waals surface area contributed by atoms with E-state index in [4.69, 9.17) is 37.9 Å². The van der Waals surface area contributed by atoms with Crippen molar-refractivity contribution < 1.29 is 65.4 Å². The van der Waals surface area contributed by atoms with Gasteiger partial charge in [-0.15, -0.1) is 5.10 Å². The second kappa shape index (κ2) is 26.1. The van der Waals surface area contributed by atoms with Crippen LogP contribution in [0, 0.1) is 17.5 Å². The summed E-state index contributed by atoms with van der Waals surface area (Å²) in [6.45, 7) is 6.23. The van der Waals surface area contributed by atoms with Crippen molar-refractivity contribution in [3.05, 3.63) is 41.5 Å². The maximum absolute atomic E-state index is 13.5. The Kier molecular flexibility index (Phi) is 22.2. The fraction of sp³-hybridized carbons (Fsp3) is 0.655. The van der Waals surface area contributed by atoms with Crippen LogP contribution in [-0.2, 0) is 60.6 Å². The van der Waals surface area contributed by atoms with Crippen molar-refractivity contribution >= 4 is 12.3 Å². The van der Waals surface area contributed by atoms with Gasteiger partial charge in [-0.05, 0) is 0 Å². The number of aromatic nitrogens is 3. The molecule has 1 aromatic carbocycles. The summed E-state index contributed by atoms with van der Waals surface area (Å²) in [5.74, 6) is -5.58. The van der Waals surface area contributed by atoms with E-state index < -0.39 is 29.2 Å². The largest absolute Gasteiger partial charge is 0.420 e. The predicted molar refractivity (Wildman–Crippen MR) is 153 cm³/mol. The Morgan fingerprint density at radius 2 is 1.15 bits per heavy atom. The first kappa shape index (κ1) is 39.1. The van der Waals surface area contributed by atoms with Crippen LogP contribution < -0.4 is 4.74 Å². The third kappa shape index (κ3) is 19.5. The van der Waals surface area contributed by atoms with Gasteiger partial charge in [0, 0.05) is 18.6 Å². The number of rotatable bonds is 30. The summed E-state index contributed by atoms with van der Waals surface area (Å²) in [6, 6.07) is 0.845. The van der Waals surface area contributed by atoms with Crippen LogP contribution in [0.2, 0.25) is 0 Å². The molecule has 260 valence electrons. The van der Waals surface area contributed by atoms with Gasteiger partial charge in [-0.3, -0.25) is 4.79 Å². The molecule has 0 aliphatic rings. The number of nitrogens with zero attached hydrogens (tertiary/aromatic N) is 3. The van der Waals surface area contributed by atoms with E-state index in [1.807, 2.05) is 0 Å². The Morgan fingerprint density at radius 1 is 0.674 bits per heavy atom. The normalized spacial score (nSPS) is 11.3. The predicted octanol–water partition coefficient (Wildman–Crippen LogP) is 1.91. The summed E-state index contributed by atoms with van der Waals surface area (Å²) in [4.78, 5) is 21.8.